The van der Waals surface area contributed by atoms with E-state index in [0.29, 0.717) is 6.61 Å². The van der Waals surface area contributed by atoms with Gasteiger partial charge in [-0.2, -0.15) is 0 Å². The minimum absolute atomic E-state index is 0. The quantitative estimate of drug-likeness (QED) is 0.738. The lowest BCUT2D eigenvalue weighted by atomic mass is 9.84. The molecule has 4 nitrogen and oxygen atoms in total. The van der Waals surface area contributed by atoms with Gasteiger partial charge in [-0.05, 0) is 66.2 Å². The molecule has 2 aromatic heterocycles. The Hall–Kier alpha value is -1.20. The third-order valence-electron chi connectivity index (χ3n) is 4.08. The SMILES string of the molecule is CCOC(=O)C1CCc2nc3ncc(Br)cc3c(C)c2C1.Cl. The molecule has 0 aromatic carbocycles. The van der Waals surface area contributed by atoms with Crippen molar-refractivity contribution >= 4 is 45.3 Å². The van der Waals surface area contributed by atoms with E-state index in [-0.39, 0.29) is 24.3 Å². The molecule has 22 heavy (non-hydrogen) atoms. The van der Waals surface area contributed by atoms with Gasteiger partial charge in [-0.1, -0.05) is 0 Å². The number of nitrogens with zero attached hydrogens (tertiary/aromatic N) is 2. The Morgan fingerprint density at radius 3 is 3.00 bits per heavy atom. The highest BCUT2D eigenvalue weighted by Crippen LogP contribution is 2.31. The summed E-state index contributed by atoms with van der Waals surface area (Å²) in [5, 5.41) is 1.05. The zero-order valence-electron chi connectivity index (χ0n) is 12.6. The summed E-state index contributed by atoms with van der Waals surface area (Å²) in [5.74, 6) is -0.134. The van der Waals surface area contributed by atoms with Crippen LogP contribution in [-0.4, -0.2) is 22.5 Å². The largest absolute Gasteiger partial charge is 0.466 e. The van der Waals surface area contributed by atoms with Gasteiger partial charge >= 0.3 is 5.97 Å². The van der Waals surface area contributed by atoms with Crippen LogP contribution in [0.4, 0.5) is 0 Å². The van der Waals surface area contributed by atoms with Gasteiger partial charge < -0.3 is 4.74 Å². The van der Waals surface area contributed by atoms with Crippen LogP contribution in [0.25, 0.3) is 11.0 Å². The second-order valence-electron chi connectivity index (χ2n) is 5.38. The van der Waals surface area contributed by atoms with Crippen molar-refractivity contribution < 1.29 is 9.53 Å². The van der Waals surface area contributed by atoms with E-state index in [1.54, 1.807) is 6.20 Å². The topological polar surface area (TPSA) is 52.1 Å². The first-order chi connectivity index (χ1) is 10.1. The van der Waals surface area contributed by atoms with E-state index in [1.807, 2.05) is 13.0 Å². The van der Waals surface area contributed by atoms with Crippen LogP contribution >= 0.6 is 28.3 Å². The van der Waals surface area contributed by atoms with E-state index >= 15 is 0 Å². The minimum atomic E-state index is -0.0879. The summed E-state index contributed by atoms with van der Waals surface area (Å²) in [5.41, 5.74) is 4.23. The number of pyridine rings is 2. The van der Waals surface area contributed by atoms with Crippen molar-refractivity contribution in [3.05, 3.63) is 33.6 Å². The van der Waals surface area contributed by atoms with Gasteiger partial charge in [0, 0.05) is 21.7 Å². The Morgan fingerprint density at radius 2 is 2.27 bits per heavy atom. The van der Waals surface area contributed by atoms with Crippen molar-refractivity contribution in [2.75, 3.05) is 6.61 Å². The molecule has 1 aliphatic carbocycles. The van der Waals surface area contributed by atoms with E-state index in [1.165, 1.54) is 11.1 Å². The molecule has 2 aromatic rings. The highest BCUT2D eigenvalue weighted by Gasteiger charge is 2.28. The molecule has 0 spiro atoms. The van der Waals surface area contributed by atoms with Crippen molar-refractivity contribution in [3.8, 4) is 0 Å². The van der Waals surface area contributed by atoms with Gasteiger partial charge in [-0.15, -0.1) is 12.4 Å². The number of hydrogen-bond acceptors (Lipinski definition) is 4. The van der Waals surface area contributed by atoms with Crippen molar-refractivity contribution in [1.82, 2.24) is 9.97 Å². The summed E-state index contributed by atoms with van der Waals surface area (Å²) in [6, 6.07) is 2.04. The molecular weight excluding hydrogens is 368 g/mol. The zero-order valence-corrected chi connectivity index (χ0v) is 15.0. The van der Waals surface area contributed by atoms with E-state index in [0.717, 1.165) is 40.5 Å². The molecule has 1 aliphatic rings. The van der Waals surface area contributed by atoms with Crippen molar-refractivity contribution in [1.29, 1.82) is 0 Å². The number of aromatic nitrogens is 2. The number of hydrogen-bond donors (Lipinski definition) is 0. The number of esters is 1. The number of carbonyl (C=O) groups excluding carboxylic acids is 1. The van der Waals surface area contributed by atoms with Gasteiger partial charge in [0.05, 0.1) is 12.5 Å². The molecule has 0 bridgehead atoms. The van der Waals surface area contributed by atoms with Gasteiger partial charge in [-0.3, -0.25) is 4.79 Å². The van der Waals surface area contributed by atoms with Crippen LogP contribution < -0.4 is 0 Å². The Bertz CT molecular complexity index is 721. The van der Waals surface area contributed by atoms with Crippen molar-refractivity contribution in [3.63, 3.8) is 0 Å². The van der Waals surface area contributed by atoms with E-state index < -0.39 is 0 Å². The second-order valence-corrected chi connectivity index (χ2v) is 6.29. The Kier molecular flexibility index (Phi) is 5.40. The van der Waals surface area contributed by atoms with E-state index in [9.17, 15) is 4.79 Å². The van der Waals surface area contributed by atoms with E-state index in [2.05, 4.69) is 32.8 Å². The molecule has 0 amide bonds. The highest BCUT2D eigenvalue weighted by atomic mass is 79.9. The van der Waals surface area contributed by atoms with Gasteiger partial charge in [0.2, 0.25) is 0 Å². The summed E-state index contributed by atoms with van der Waals surface area (Å²) >= 11 is 3.45. The molecule has 118 valence electrons. The fraction of sp³-hybridized carbons (Fsp3) is 0.438. The maximum atomic E-state index is 12.0. The summed E-state index contributed by atoms with van der Waals surface area (Å²) < 4.78 is 6.11. The second kappa shape index (κ2) is 6.92. The fourth-order valence-corrected chi connectivity index (χ4v) is 3.30. The Labute approximate surface area is 144 Å². The minimum Gasteiger partial charge on any atom is -0.466 e. The Balaban J connectivity index is 0.00000176. The average Bonchev–Trinajstić information content (AvgIpc) is 2.48. The Morgan fingerprint density at radius 1 is 1.50 bits per heavy atom. The van der Waals surface area contributed by atoms with Crippen LogP contribution in [0.15, 0.2) is 16.7 Å². The standard InChI is InChI=1S/C16H17BrN2O2.ClH/c1-3-21-16(20)10-4-5-14-12(6-10)9(2)13-7-11(17)8-18-15(13)19-14;/h7-8,10H,3-6H2,1-2H3;1H. The number of fused-ring (bicyclic) bond motifs is 2. The predicted molar refractivity (Wildman–Crippen MR) is 91.4 cm³/mol. The molecule has 0 saturated heterocycles. The summed E-state index contributed by atoms with van der Waals surface area (Å²) in [6.45, 7) is 4.37. The molecule has 1 unspecified atom stereocenters. The number of carbonyl (C=O) groups is 1. The van der Waals surface area contributed by atoms with Crippen LogP contribution in [-0.2, 0) is 22.4 Å². The molecule has 1 atom stereocenters. The van der Waals surface area contributed by atoms with Crippen LogP contribution in [0.3, 0.4) is 0 Å². The molecule has 0 saturated carbocycles. The van der Waals surface area contributed by atoms with Gasteiger partial charge in [0.1, 0.15) is 0 Å². The maximum absolute atomic E-state index is 12.0. The summed E-state index contributed by atoms with van der Waals surface area (Å²) in [6.07, 6.45) is 4.11. The summed E-state index contributed by atoms with van der Waals surface area (Å²) in [7, 11) is 0. The van der Waals surface area contributed by atoms with Gasteiger partial charge in [0.25, 0.3) is 0 Å². The van der Waals surface area contributed by atoms with Crippen molar-refractivity contribution in [2.24, 2.45) is 5.92 Å². The summed E-state index contributed by atoms with van der Waals surface area (Å²) in [4.78, 5) is 21.0. The van der Waals surface area contributed by atoms with Crippen LogP contribution in [0, 0.1) is 12.8 Å². The zero-order chi connectivity index (χ0) is 15.0. The lowest BCUT2D eigenvalue weighted by molar-refractivity contribution is -0.148. The molecule has 2 heterocycles. The normalized spacial score (nSPS) is 16.8. The third-order valence-corrected chi connectivity index (χ3v) is 4.51. The first kappa shape index (κ1) is 17.2. The smallest absolute Gasteiger partial charge is 0.309 e. The number of aryl methyl sites for hydroxylation is 2. The lowest BCUT2D eigenvalue weighted by Gasteiger charge is -2.24. The molecular formula is C16H18BrClN2O2. The molecule has 6 heteroatoms. The highest BCUT2D eigenvalue weighted by molar-refractivity contribution is 9.10. The third kappa shape index (κ3) is 3.10. The maximum Gasteiger partial charge on any atom is 0.309 e. The first-order valence-corrected chi connectivity index (χ1v) is 7.99. The average molecular weight is 386 g/mol. The number of rotatable bonds is 2. The predicted octanol–water partition coefficient (Wildman–Crippen LogP) is 3.79. The number of halogens is 2. The molecule has 0 radical (unpaired) electrons. The molecule has 0 aliphatic heterocycles. The molecule has 0 N–H and O–H groups in total. The van der Waals surface area contributed by atoms with Crippen LogP contribution in [0.5, 0.6) is 0 Å². The monoisotopic (exact) mass is 384 g/mol. The van der Waals surface area contributed by atoms with Gasteiger partial charge in [0.15, 0.2) is 5.65 Å². The number of ether oxygens (including phenoxy) is 1. The van der Waals surface area contributed by atoms with Crippen molar-refractivity contribution in [2.45, 2.75) is 33.1 Å². The van der Waals surface area contributed by atoms with E-state index in [4.69, 9.17) is 4.74 Å². The molecule has 3 rings (SSSR count). The fourth-order valence-electron chi connectivity index (χ4n) is 2.97. The first-order valence-electron chi connectivity index (χ1n) is 7.20. The lowest BCUT2D eigenvalue weighted by Crippen LogP contribution is -2.26. The van der Waals surface area contributed by atoms with Crippen LogP contribution in [0.2, 0.25) is 0 Å². The van der Waals surface area contributed by atoms with Gasteiger partial charge in [-0.25, -0.2) is 9.97 Å². The molecule has 0 fully saturated rings. The van der Waals surface area contributed by atoms with Crippen LogP contribution in [0.1, 0.15) is 30.2 Å².